The number of carbonyl (C=O) groups excluding carboxylic acids is 1. The first-order valence-electron chi connectivity index (χ1n) is 7.67. The molecule has 3 N–H and O–H groups in total. The topological polar surface area (TPSA) is 66.6 Å². The molecule has 1 aliphatic heterocycles. The highest BCUT2D eigenvalue weighted by Gasteiger charge is 2.24. The van der Waals surface area contributed by atoms with Gasteiger partial charge in [0.1, 0.15) is 5.82 Å². The molecule has 5 heteroatoms. The zero-order chi connectivity index (χ0) is 16.4. The summed E-state index contributed by atoms with van der Waals surface area (Å²) in [5.74, 6) is -0.860. The number of anilines is 1. The van der Waals surface area contributed by atoms with Crippen molar-refractivity contribution < 1.29 is 14.3 Å². The Bertz CT molecular complexity index is 733. The minimum Gasteiger partial charge on any atom is -0.386 e. The van der Waals surface area contributed by atoms with Crippen LogP contribution in [0.1, 0.15) is 34.0 Å². The molecule has 1 amide bonds. The number of halogens is 1. The molecule has 0 bridgehead atoms. The second-order valence-corrected chi connectivity index (χ2v) is 5.75. The Kier molecular flexibility index (Phi) is 4.30. The number of nitrogens with zero attached hydrogens (tertiary/aromatic N) is 1. The minimum absolute atomic E-state index is 0.274. The summed E-state index contributed by atoms with van der Waals surface area (Å²) in [6, 6.07) is 11.6. The van der Waals surface area contributed by atoms with Gasteiger partial charge in [0.15, 0.2) is 0 Å². The molecular formula is C18H19FN2O2. The summed E-state index contributed by atoms with van der Waals surface area (Å²) < 4.78 is 13.8. The summed E-state index contributed by atoms with van der Waals surface area (Å²) in [7, 11) is 0. The Morgan fingerprint density at radius 3 is 2.78 bits per heavy atom. The van der Waals surface area contributed by atoms with E-state index in [1.807, 2.05) is 11.0 Å². The van der Waals surface area contributed by atoms with E-state index in [1.54, 1.807) is 30.3 Å². The summed E-state index contributed by atoms with van der Waals surface area (Å²) in [6.45, 7) is 1.02. The van der Waals surface area contributed by atoms with Crippen LogP contribution in [-0.4, -0.2) is 24.1 Å². The van der Waals surface area contributed by atoms with Crippen molar-refractivity contribution in [2.24, 2.45) is 5.73 Å². The molecule has 1 atom stereocenters. The van der Waals surface area contributed by atoms with Gasteiger partial charge >= 0.3 is 0 Å². The maximum atomic E-state index is 13.8. The molecule has 0 saturated carbocycles. The van der Waals surface area contributed by atoms with Crippen molar-refractivity contribution in [3.05, 3.63) is 65.0 Å². The van der Waals surface area contributed by atoms with Crippen LogP contribution < -0.4 is 10.6 Å². The summed E-state index contributed by atoms with van der Waals surface area (Å²) in [6.07, 6.45) is 0.710. The smallest absolute Gasteiger partial charge is 0.249 e. The molecule has 1 heterocycles. The van der Waals surface area contributed by atoms with E-state index in [4.69, 9.17) is 5.73 Å². The van der Waals surface area contributed by atoms with Crippen LogP contribution in [-0.2, 0) is 6.42 Å². The molecule has 0 radical (unpaired) electrons. The van der Waals surface area contributed by atoms with Gasteiger partial charge in [0, 0.05) is 29.9 Å². The number of β-amino-alcohol motifs (C(OH)–C–C–N with tert-alkyl or cyclic N) is 1. The second kappa shape index (κ2) is 6.38. The molecule has 2 aromatic rings. The standard InChI is InChI=1S/C18H19FN2O2/c19-15-8-2-1-5-14(15)17(22)11-21-10-4-7-12-13(18(20)23)6-3-9-16(12)21/h1-3,5-6,8-9,17,22H,4,7,10-11H2,(H2,20,23). The van der Waals surface area contributed by atoms with Crippen LogP contribution in [0.5, 0.6) is 0 Å². The Morgan fingerprint density at radius 1 is 1.26 bits per heavy atom. The third kappa shape index (κ3) is 3.05. The van der Waals surface area contributed by atoms with Crippen molar-refractivity contribution in [1.29, 1.82) is 0 Å². The van der Waals surface area contributed by atoms with E-state index in [1.165, 1.54) is 6.07 Å². The zero-order valence-corrected chi connectivity index (χ0v) is 12.7. The number of fused-ring (bicyclic) bond motifs is 1. The molecule has 0 saturated heterocycles. The van der Waals surface area contributed by atoms with Crippen LogP contribution in [0.15, 0.2) is 42.5 Å². The van der Waals surface area contributed by atoms with E-state index >= 15 is 0 Å². The fourth-order valence-corrected chi connectivity index (χ4v) is 3.17. The number of amides is 1. The van der Waals surface area contributed by atoms with Crippen molar-refractivity contribution in [2.75, 3.05) is 18.0 Å². The van der Waals surface area contributed by atoms with Crippen LogP contribution in [0.2, 0.25) is 0 Å². The fraction of sp³-hybridized carbons (Fsp3) is 0.278. The monoisotopic (exact) mass is 314 g/mol. The lowest BCUT2D eigenvalue weighted by molar-refractivity contribution is 0.0999. The van der Waals surface area contributed by atoms with Crippen LogP contribution in [0.25, 0.3) is 0 Å². The molecule has 3 rings (SSSR count). The van der Waals surface area contributed by atoms with Gasteiger partial charge in [-0.3, -0.25) is 4.79 Å². The zero-order valence-electron chi connectivity index (χ0n) is 12.7. The molecule has 23 heavy (non-hydrogen) atoms. The van der Waals surface area contributed by atoms with Gasteiger partial charge in [0.25, 0.3) is 0 Å². The molecule has 1 unspecified atom stereocenters. The normalized spacial score (nSPS) is 15.1. The van der Waals surface area contributed by atoms with Gasteiger partial charge in [-0.25, -0.2) is 4.39 Å². The van der Waals surface area contributed by atoms with E-state index in [9.17, 15) is 14.3 Å². The number of aliphatic hydroxyl groups excluding tert-OH is 1. The number of hydrogen-bond acceptors (Lipinski definition) is 3. The fourth-order valence-electron chi connectivity index (χ4n) is 3.17. The number of aliphatic hydroxyl groups is 1. The molecule has 2 aromatic carbocycles. The third-order valence-electron chi connectivity index (χ3n) is 4.27. The summed E-state index contributed by atoms with van der Waals surface area (Å²) in [5.41, 5.74) is 8.04. The van der Waals surface area contributed by atoms with Gasteiger partial charge in [0.2, 0.25) is 5.91 Å². The lowest BCUT2D eigenvalue weighted by Crippen LogP contribution is -2.34. The van der Waals surface area contributed by atoms with Gasteiger partial charge < -0.3 is 15.7 Å². The first kappa shape index (κ1) is 15.5. The Balaban J connectivity index is 1.88. The first-order chi connectivity index (χ1) is 11.1. The number of carbonyl (C=O) groups is 1. The van der Waals surface area contributed by atoms with E-state index in [2.05, 4.69) is 0 Å². The van der Waals surface area contributed by atoms with Gasteiger partial charge in [-0.2, -0.15) is 0 Å². The molecular weight excluding hydrogens is 295 g/mol. The van der Waals surface area contributed by atoms with Gasteiger partial charge in [0.05, 0.1) is 6.10 Å². The number of primary amides is 1. The van der Waals surface area contributed by atoms with E-state index in [0.717, 1.165) is 30.6 Å². The number of hydrogen-bond donors (Lipinski definition) is 2. The van der Waals surface area contributed by atoms with Gasteiger partial charge in [-0.05, 0) is 36.6 Å². The predicted molar refractivity (Wildman–Crippen MR) is 86.9 cm³/mol. The van der Waals surface area contributed by atoms with Crippen LogP contribution in [0.4, 0.5) is 10.1 Å². The highest BCUT2D eigenvalue weighted by Crippen LogP contribution is 2.31. The van der Waals surface area contributed by atoms with Crippen molar-refractivity contribution in [1.82, 2.24) is 0 Å². The molecule has 4 nitrogen and oxygen atoms in total. The third-order valence-corrected chi connectivity index (χ3v) is 4.27. The predicted octanol–water partition coefficient (Wildman–Crippen LogP) is 2.41. The van der Waals surface area contributed by atoms with E-state index < -0.39 is 17.8 Å². The summed E-state index contributed by atoms with van der Waals surface area (Å²) in [5, 5.41) is 10.4. The SMILES string of the molecule is NC(=O)c1cccc2c1CCCN2CC(O)c1ccccc1F. The Morgan fingerprint density at radius 2 is 2.04 bits per heavy atom. The molecule has 0 spiro atoms. The van der Waals surface area contributed by atoms with Crippen LogP contribution in [0, 0.1) is 5.82 Å². The van der Waals surface area contributed by atoms with Crippen molar-refractivity contribution in [3.63, 3.8) is 0 Å². The van der Waals surface area contributed by atoms with Crippen molar-refractivity contribution in [3.8, 4) is 0 Å². The van der Waals surface area contributed by atoms with Crippen molar-refractivity contribution >= 4 is 11.6 Å². The maximum absolute atomic E-state index is 13.8. The average molecular weight is 314 g/mol. The quantitative estimate of drug-likeness (QED) is 0.911. The summed E-state index contributed by atoms with van der Waals surface area (Å²) in [4.78, 5) is 13.6. The Hall–Kier alpha value is -2.40. The highest BCUT2D eigenvalue weighted by molar-refractivity contribution is 5.96. The summed E-state index contributed by atoms with van der Waals surface area (Å²) >= 11 is 0. The van der Waals surface area contributed by atoms with Gasteiger partial charge in [-0.15, -0.1) is 0 Å². The lowest BCUT2D eigenvalue weighted by Gasteiger charge is -2.33. The number of benzene rings is 2. The number of rotatable bonds is 4. The second-order valence-electron chi connectivity index (χ2n) is 5.75. The molecule has 120 valence electrons. The van der Waals surface area contributed by atoms with Crippen LogP contribution in [0.3, 0.4) is 0 Å². The molecule has 0 aromatic heterocycles. The van der Waals surface area contributed by atoms with Crippen molar-refractivity contribution in [2.45, 2.75) is 18.9 Å². The number of nitrogens with two attached hydrogens (primary N) is 1. The average Bonchev–Trinajstić information content (AvgIpc) is 2.54. The van der Waals surface area contributed by atoms with Crippen LogP contribution >= 0.6 is 0 Å². The molecule has 0 aliphatic carbocycles. The maximum Gasteiger partial charge on any atom is 0.249 e. The van der Waals surface area contributed by atoms with Gasteiger partial charge in [-0.1, -0.05) is 24.3 Å². The first-order valence-corrected chi connectivity index (χ1v) is 7.67. The lowest BCUT2D eigenvalue weighted by atomic mass is 9.95. The molecule has 1 aliphatic rings. The highest BCUT2D eigenvalue weighted by atomic mass is 19.1. The minimum atomic E-state index is -0.931. The molecule has 0 fully saturated rings. The van der Waals surface area contributed by atoms with E-state index in [0.29, 0.717) is 5.56 Å². The largest absolute Gasteiger partial charge is 0.386 e. The Labute approximate surface area is 134 Å². The van der Waals surface area contributed by atoms with E-state index in [-0.39, 0.29) is 12.1 Å².